The maximum Gasteiger partial charge on any atom is 0.227 e. The van der Waals surface area contributed by atoms with Crippen LogP contribution in [0.15, 0.2) is 66.7 Å². The molecule has 1 N–H and O–H groups in total. The number of hydrogen-bond acceptors (Lipinski definition) is 4. The zero-order chi connectivity index (χ0) is 24.5. The molecule has 1 amide bonds. The molecule has 0 bridgehead atoms. The molecule has 0 aliphatic carbocycles. The number of aryl methyl sites for hydroxylation is 2. The van der Waals surface area contributed by atoms with Crippen LogP contribution in [0.2, 0.25) is 5.02 Å². The normalized spacial score (nSPS) is 16.7. The Morgan fingerprint density at radius 1 is 1.11 bits per heavy atom. The summed E-state index contributed by atoms with van der Waals surface area (Å²) in [6, 6.07) is 21.2. The van der Waals surface area contributed by atoms with Crippen LogP contribution in [0.3, 0.4) is 0 Å². The number of halogens is 1. The summed E-state index contributed by atoms with van der Waals surface area (Å²) < 4.78 is 7.99. The maximum atomic E-state index is 12.9. The van der Waals surface area contributed by atoms with Gasteiger partial charge in [0.2, 0.25) is 5.91 Å². The highest BCUT2D eigenvalue weighted by molar-refractivity contribution is 6.30. The highest BCUT2D eigenvalue weighted by Gasteiger charge is 2.35. The van der Waals surface area contributed by atoms with Gasteiger partial charge in [0.05, 0.1) is 17.6 Å². The quantitative estimate of drug-likeness (QED) is 0.384. The van der Waals surface area contributed by atoms with Gasteiger partial charge in [-0.25, -0.2) is 4.98 Å². The standard InChI is InChI=1S/C28H28ClN3O3/c1-18-7-8-19(2)26(13-18)35-17-23(33)16-32-25-6-4-3-5-24(25)30-28(32)20-14-27(34)31(15-20)22-11-9-21(29)10-12-22/h3-13,20,23,33H,14-17H2,1-2H3/t20-,23+/m1/s1. The Kier molecular flexibility index (Phi) is 6.50. The zero-order valence-corrected chi connectivity index (χ0v) is 20.6. The van der Waals surface area contributed by atoms with Crippen molar-refractivity contribution in [2.24, 2.45) is 0 Å². The number of ether oxygens (including phenoxy) is 1. The van der Waals surface area contributed by atoms with E-state index < -0.39 is 6.10 Å². The summed E-state index contributed by atoms with van der Waals surface area (Å²) in [5.41, 5.74) is 4.75. The summed E-state index contributed by atoms with van der Waals surface area (Å²) in [5, 5.41) is 11.5. The number of hydrogen-bond donors (Lipinski definition) is 1. The van der Waals surface area contributed by atoms with Gasteiger partial charge in [-0.05, 0) is 67.4 Å². The van der Waals surface area contributed by atoms with Gasteiger partial charge in [0.15, 0.2) is 0 Å². The number of para-hydroxylation sites is 2. The Morgan fingerprint density at radius 2 is 1.89 bits per heavy atom. The van der Waals surface area contributed by atoms with Gasteiger partial charge in [-0.3, -0.25) is 4.79 Å². The molecule has 0 saturated carbocycles. The third-order valence-electron chi connectivity index (χ3n) is 6.48. The zero-order valence-electron chi connectivity index (χ0n) is 19.8. The fraction of sp³-hybridized carbons (Fsp3) is 0.286. The van der Waals surface area contributed by atoms with E-state index in [2.05, 4.69) is 0 Å². The van der Waals surface area contributed by atoms with Gasteiger partial charge < -0.3 is 19.3 Å². The van der Waals surface area contributed by atoms with Crippen LogP contribution in [0.5, 0.6) is 5.75 Å². The van der Waals surface area contributed by atoms with E-state index >= 15 is 0 Å². The third-order valence-corrected chi connectivity index (χ3v) is 6.73. The molecule has 7 heteroatoms. The second-order valence-electron chi connectivity index (χ2n) is 9.18. The molecule has 5 rings (SSSR count). The number of rotatable bonds is 7. The molecular weight excluding hydrogens is 462 g/mol. The molecule has 35 heavy (non-hydrogen) atoms. The lowest BCUT2D eigenvalue weighted by atomic mass is 10.1. The predicted octanol–water partition coefficient (Wildman–Crippen LogP) is 5.27. The Bertz CT molecular complexity index is 1370. The molecule has 2 atom stereocenters. The second-order valence-corrected chi connectivity index (χ2v) is 9.62. The van der Waals surface area contributed by atoms with Crippen LogP contribution >= 0.6 is 11.6 Å². The van der Waals surface area contributed by atoms with E-state index in [-0.39, 0.29) is 18.4 Å². The monoisotopic (exact) mass is 489 g/mol. The van der Waals surface area contributed by atoms with Gasteiger partial charge >= 0.3 is 0 Å². The average molecular weight is 490 g/mol. The van der Waals surface area contributed by atoms with Gasteiger partial charge in [-0.2, -0.15) is 0 Å². The molecule has 0 spiro atoms. The number of aromatic nitrogens is 2. The molecule has 1 aromatic heterocycles. The first-order chi connectivity index (χ1) is 16.9. The fourth-order valence-electron chi connectivity index (χ4n) is 4.66. The van der Waals surface area contributed by atoms with Crippen LogP contribution in [-0.4, -0.2) is 39.8 Å². The summed E-state index contributed by atoms with van der Waals surface area (Å²) in [4.78, 5) is 19.6. The molecule has 180 valence electrons. The van der Waals surface area contributed by atoms with Gasteiger partial charge in [0, 0.05) is 29.6 Å². The van der Waals surface area contributed by atoms with E-state index in [4.69, 9.17) is 21.3 Å². The minimum absolute atomic E-state index is 0.0507. The van der Waals surface area contributed by atoms with Crippen molar-refractivity contribution in [2.75, 3.05) is 18.1 Å². The van der Waals surface area contributed by atoms with E-state index in [1.807, 2.05) is 73.0 Å². The molecule has 3 aromatic carbocycles. The van der Waals surface area contributed by atoms with Gasteiger partial charge in [-0.15, -0.1) is 0 Å². The molecule has 1 fully saturated rings. The summed E-state index contributed by atoms with van der Waals surface area (Å²) in [7, 11) is 0. The molecule has 2 heterocycles. The van der Waals surface area contributed by atoms with Crippen LogP contribution in [0.1, 0.15) is 29.3 Å². The van der Waals surface area contributed by atoms with Crippen LogP contribution in [0.4, 0.5) is 5.69 Å². The van der Waals surface area contributed by atoms with E-state index in [0.29, 0.717) is 24.5 Å². The van der Waals surface area contributed by atoms with Gasteiger partial charge in [0.25, 0.3) is 0 Å². The Morgan fingerprint density at radius 3 is 2.69 bits per heavy atom. The van der Waals surface area contributed by atoms with Crippen molar-refractivity contribution in [3.63, 3.8) is 0 Å². The smallest absolute Gasteiger partial charge is 0.227 e. The minimum Gasteiger partial charge on any atom is -0.491 e. The van der Waals surface area contributed by atoms with Crippen molar-refractivity contribution >= 4 is 34.2 Å². The Balaban J connectivity index is 1.38. The number of aliphatic hydroxyl groups is 1. The van der Waals surface area contributed by atoms with Crippen LogP contribution in [0.25, 0.3) is 11.0 Å². The fourth-order valence-corrected chi connectivity index (χ4v) is 4.79. The number of aliphatic hydroxyl groups excluding tert-OH is 1. The summed E-state index contributed by atoms with van der Waals surface area (Å²) in [5.74, 6) is 1.55. The summed E-state index contributed by atoms with van der Waals surface area (Å²) in [6.45, 7) is 5.02. The van der Waals surface area contributed by atoms with Crippen molar-refractivity contribution in [3.8, 4) is 5.75 Å². The molecule has 1 aliphatic rings. The highest BCUT2D eigenvalue weighted by Crippen LogP contribution is 2.34. The predicted molar refractivity (Wildman–Crippen MR) is 138 cm³/mol. The number of amides is 1. The van der Waals surface area contributed by atoms with Crippen molar-refractivity contribution < 1.29 is 14.6 Å². The number of nitrogens with zero attached hydrogens (tertiary/aromatic N) is 3. The van der Waals surface area contributed by atoms with Crippen molar-refractivity contribution in [2.45, 2.75) is 38.8 Å². The first kappa shape index (κ1) is 23.4. The maximum absolute atomic E-state index is 12.9. The topological polar surface area (TPSA) is 67.6 Å². The lowest BCUT2D eigenvalue weighted by Gasteiger charge is -2.19. The Labute approximate surface area is 209 Å². The van der Waals surface area contributed by atoms with Gasteiger partial charge in [0.1, 0.15) is 24.3 Å². The van der Waals surface area contributed by atoms with E-state index in [9.17, 15) is 9.90 Å². The molecule has 1 aliphatic heterocycles. The first-order valence-electron chi connectivity index (χ1n) is 11.8. The molecular formula is C28H28ClN3O3. The van der Waals surface area contributed by atoms with Crippen molar-refractivity contribution in [1.82, 2.24) is 9.55 Å². The largest absolute Gasteiger partial charge is 0.491 e. The van der Waals surface area contributed by atoms with Crippen LogP contribution in [0, 0.1) is 13.8 Å². The van der Waals surface area contributed by atoms with Crippen LogP contribution in [-0.2, 0) is 11.3 Å². The number of carbonyl (C=O) groups is 1. The molecule has 0 radical (unpaired) electrons. The average Bonchev–Trinajstić information content (AvgIpc) is 3.41. The lowest BCUT2D eigenvalue weighted by Crippen LogP contribution is -2.26. The van der Waals surface area contributed by atoms with E-state index in [0.717, 1.165) is 39.4 Å². The number of anilines is 1. The van der Waals surface area contributed by atoms with E-state index in [1.165, 1.54) is 0 Å². The molecule has 4 aromatic rings. The van der Waals surface area contributed by atoms with Crippen LogP contribution < -0.4 is 9.64 Å². The van der Waals surface area contributed by atoms with Gasteiger partial charge in [-0.1, -0.05) is 35.9 Å². The number of fused-ring (bicyclic) bond motifs is 1. The summed E-state index contributed by atoms with van der Waals surface area (Å²) >= 11 is 6.02. The number of imidazole rings is 1. The minimum atomic E-state index is -0.740. The highest BCUT2D eigenvalue weighted by atomic mass is 35.5. The first-order valence-corrected chi connectivity index (χ1v) is 12.2. The third kappa shape index (κ3) is 4.90. The second kappa shape index (κ2) is 9.72. The van der Waals surface area contributed by atoms with E-state index in [1.54, 1.807) is 17.0 Å². The van der Waals surface area contributed by atoms with Crippen molar-refractivity contribution in [3.05, 3.63) is 88.7 Å². The SMILES string of the molecule is Cc1ccc(C)c(OC[C@@H](O)Cn2c([C@@H]3CC(=O)N(c4ccc(Cl)cc4)C3)nc3ccccc32)c1. The summed E-state index contributed by atoms with van der Waals surface area (Å²) in [6.07, 6.45) is -0.378. The molecule has 6 nitrogen and oxygen atoms in total. The lowest BCUT2D eigenvalue weighted by molar-refractivity contribution is -0.117. The molecule has 1 saturated heterocycles. The number of carbonyl (C=O) groups excluding carboxylic acids is 1. The Hall–Kier alpha value is -3.35. The van der Waals surface area contributed by atoms with Crippen molar-refractivity contribution in [1.29, 1.82) is 0 Å². The number of benzene rings is 3. The molecule has 0 unspecified atom stereocenters.